The highest BCUT2D eigenvalue weighted by atomic mass is 32.2. The standard InChI is InChI=1S/C11H14N6O3S/c1-3-20-5-7-13-6(12)4-8(14-7)21-11-15-9(18)10(19)16-17(11)2/h4H,3,5H2,1-2H3,(H,16,19)(H2,12,13,14). The quantitative estimate of drug-likeness (QED) is 0.560. The van der Waals surface area contributed by atoms with Crippen molar-refractivity contribution in [2.24, 2.45) is 7.05 Å². The summed E-state index contributed by atoms with van der Waals surface area (Å²) in [5.74, 6) is 0.727. The van der Waals surface area contributed by atoms with E-state index in [1.807, 2.05) is 6.92 Å². The lowest BCUT2D eigenvalue weighted by Crippen LogP contribution is -2.33. The van der Waals surface area contributed by atoms with Crippen LogP contribution in [0, 0.1) is 0 Å². The van der Waals surface area contributed by atoms with E-state index in [1.165, 1.54) is 4.68 Å². The third-order valence-electron chi connectivity index (χ3n) is 2.35. The number of nitrogens with two attached hydrogens (primary N) is 1. The molecule has 10 heteroatoms. The number of H-pyrrole nitrogens is 1. The van der Waals surface area contributed by atoms with Crippen LogP contribution in [0.15, 0.2) is 25.8 Å². The normalized spacial score (nSPS) is 10.8. The second-order valence-electron chi connectivity index (χ2n) is 3.99. The Kier molecular flexibility index (Phi) is 4.70. The monoisotopic (exact) mass is 310 g/mol. The van der Waals surface area contributed by atoms with E-state index >= 15 is 0 Å². The van der Waals surface area contributed by atoms with Gasteiger partial charge in [0.25, 0.3) is 0 Å². The van der Waals surface area contributed by atoms with Gasteiger partial charge < -0.3 is 10.5 Å². The largest absolute Gasteiger partial charge is 0.384 e. The molecule has 0 amide bonds. The zero-order chi connectivity index (χ0) is 15.4. The van der Waals surface area contributed by atoms with Gasteiger partial charge in [0.05, 0.1) is 0 Å². The van der Waals surface area contributed by atoms with Crippen molar-refractivity contribution in [1.82, 2.24) is 24.7 Å². The van der Waals surface area contributed by atoms with E-state index in [2.05, 4.69) is 20.1 Å². The zero-order valence-electron chi connectivity index (χ0n) is 11.5. The summed E-state index contributed by atoms with van der Waals surface area (Å²) < 4.78 is 6.57. The molecule has 112 valence electrons. The SMILES string of the molecule is CCOCc1nc(N)cc(Sc2nc(=O)c(=O)[nH]n2C)n1. The summed E-state index contributed by atoms with van der Waals surface area (Å²) >= 11 is 1.09. The van der Waals surface area contributed by atoms with Crippen molar-refractivity contribution in [3.05, 3.63) is 32.6 Å². The Morgan fingerprint density at radius 1 is 1.38 bits per heavy atom. The first-order valence-corrected chi connectivity index (χ1v) is 6.87. The number of aromatic amines is 1. The van der Waals surface area contributed by atoms with Gasteiger partial charge in [-0.15, -0.1) is 0 Å². The van der Waals surface area contributed by atoms with Crippen LogP contribution < -0.4 is 16.9 Å². The summed E-state index contributed by atoms with van der Waals surface area (Å²) in [6.45, 7) is 2.64. The Labute approximate surface area is 123 Å². The summed E-state index contributed by atoms with van der Waals surface area (Å²) in [7, 11) is 1.57. The molecule has 21 heavy (non-hydrogen) atoms. The minimum absolute atomic E-state index is 0.243. The van der Waals surface area contributed by atoms with Gasteiger partial charge in [-0.05, 0) is 18.7 Å². The maximum Gasteiger partial charge on any atom is 0.339 e. The summed E-state index contributed by atoms with van der Waals surface area (Å²) in [6.07, 6.45) is 0. The van der Waals surface area contributed by atoms with Crippen LogP contribution in [0.2, 0.25) is 0 Å². The van der Waals surface area contributed by atoms with Crippen molar-refractivity contribution in [3.8, 4) is 0 Å². The molecule has 0 aliphatic heterocycles. The van der Waals surface area contributed by atoms with Crippen molar-refractivity contribution in [1.29, 1.82) is 0 Å². The fourth-order valence-corrected chi connectivity index (χ4v) is 2.28. The molecule has 2 aromatic rings. The number of anilines is 1. The van der Waals surface area contributed by atoms with Crippen LogP contribution >= 0.6 is 11.8 Å². The Morgan fingerprint density at radius 2 is 2.14 bits per heavy atom. The molecule has 9 nitrogen and oxygen atoms in total. The highest BCUT2D eigenvalue weighted by Gasteiger charge is 2.09. The molecule has 0 aromatic carbocycles. The second kappa shape index (κ2) is 6.50. The van der Waals surface area contributed by atoms with E-state index in [-0.39, 0.29) is 12.4 Å². The fraction of sp³-hybridized carbons (Fsp3) is 0.364. The van der Waals surface area contributed by atoms with E-state index in [9.17, 15) is 9.59 Å². The van der Waals surface area contributed by atoms with Crippen LogP contribution in [0.4, 0.5) is 5.82 Å². The van der Waals surface area contributed by atoms with Crippen LogP contribution in [0.25, 0.3) is 0 Å². The Balaban J connectivity index is 2.31. The zero-order valence-corrected chi connectivity index (χ0v) is 12.3. The van der Waals surface area contributed by atoms with Gasteiger partial charge in [-0.1, -0.05) is 0 Å². The van der Waals surface area contributed by atoms with E-state index in [0.717, 1.165) is 11.8 Å². The molecule has 2 rings (SSSR count). The third kappa shape index (κ3) is 3.89. The van der Waals surface area contributed by atoms with Crippen LogP contribution in [0.1, 0.15) is 12.7 Å². The second-order valence-corrected chi connectivity index (χ2v) is 4.97. The number of nitrogen functional groups attached to an aromatic ring is 1. The van der Waals surface area contributed by atoms with Crippen LogP contribution in [0.3, 0.4) is 0 Å². The number of aromatic nitrogens is 5. The summed E-state index contributed by atoms with van der Waals surface area (Å²) in [4.78, 5) is 34.4. The smallest absolute Gasteiger partial charge is 0.339 e. The summed E-state index contributed by atoms with van der Waals surface area (Å²) in [5, 5.41) is 3.15. The van der Waals surface area contributed by atoms with Crippen molar-refractivity contribution in [2.45, 2.75) is 23.7 Å². The number of ether oxygens (including phenoxy) is 1. The average Bonchev–Trinajstić information content (AvgIpc) is 2.42. The first-order chi connectivity index (χ1) is 9.99. The topological polar surface area (TPSA) is 129 Å². The number of rotatable bonds is 5. The van der Waals surface area contributed by atoms with E-state index in [4.69, 9.17) is 10.5 Å². The lowest BCUT2D eigenvalue weighted by molar-refractivity contribution is 0.128. The minimum Gasteiger partial charge on any atom is -0.384 e. The highest BCUT2D eigenvalue weighted by molar-refractivity contribution is 7.99. The van der Waals surface area contributed by atoms with Crippen LogP contribution in [-0.4, -0.2) is 31.3 Å². The number of hydrogen-bond acceptors (Lipinski definition) is 8. The maximum atomic E-state index is 11.3. The highest BCUT2D eigenvalue weighted by Crippen LogP contribution is 2.23. The van der Waals surface area contributed by atoms with E-state index < -0.39 is 11.1 Å². The van der Waals surface area contributed by atoms with Gasteiger partial charge >= 0.3 is 11.1 Å². The van der Waals surface area contributed by atoms with Gasteiger partial charge in [-0.2, -0.15) is 4.98 Å². The molecule has 0 radical (unpaired) electrons. The van der Waals surface area contributed by atoms with Gasteiger partial charge in [0, 0.05) is 19.7 Å². The predicted octanol–water partition coefficient (Wildman–Crippen LogP) is -0.471. The molecule has 0 bridgehead atoms. The maximum absolute atomic E-state index is 11.3. The van der Waals surface area contributed by atoms with Crippen molar-refractivity contribution < 1.29 is 4.74 Å². The average molecular weight is 310 g/mol. The fourth-order valence-electron chi connectivity index (χ4n) is 1.45. The molecule has 0 fully saturated rings. The van der Waals surface area contributed by atoms with Crippen molar-refractivity contribution >= 4 is 17.6 Å². The minimum atomic E-state index is -0.854. The predicted molar refractivity (Wildman–Crippen MR) is 76.0 cm³/mol. The Bertz CT molecular complexity index is 756. The van der Waals surface area contributed by atoms with Crippen LogP contribution in [-0.2, 0) is 18.4 Å². The number of hydrogen-bond donors (Lipinski definition) is 2. The Hall–Kier alpha value is -2.20. The first-order valence-electron chi connectivity index (χ1n) is 6.06. The molecule has 0 saturated heterocycles. The number of aryl methyl sites for hydroxylation is 1. The van der Waals surface area contributed by atoms with Crippen molar-refractivity contribution in [3.63, 3.8) is 0 Å². The molecular weight excluding hydrogens is 296 g/mol. The molecule has 2 aromatic heterocycles. The Morgan fingerprint density at radius 3 is 2.86 bits per heavy atom. The molecule has 3 N–H and O–H groups in total. The number of nitrogens with zero attached hydrogens (tertiary/aromatic N) is 4. The third-order valence-corrected chi connectivity index (χ3v) is 3.31. The van der Waals surface area contributed by atoms with E-state index in [0.29, 0.717) is 22.6 Å². The molecule has 0 unspecified atom stereocenters. The molecule has 2 heterocycles. The lowest BCUT2D eigenvalue weighted by Gasteiger charge is -2.07. The van der Waals surface area contributed by atoms with Gasteiger partial charge in [0.2, 0.25) is 0 Å². The lowest BCUT2D eigenvalue weighted by atomic mass is 10.5. The van der Waals surface area contributed by atoms with Gasteiger partial charge in [0.15, 0.2) is 11.0 Å². The van der Waals surface area contributed by atoms with Gasteiger partial charge in [-0.3, -0.25) is 19.4 Å². The van der Waals surface area contributed by atoms with Gasteiger partial charge in [-0.25, -0.2) is 9.97 Å². The number of nitrogens with one attached hydrogen (secondary N) is 1. The van der Waals surface area contributed by atoms with E-state index in [1.54, 1.807) is 13.1 Å². The molecule has 0 saturated carbocycles. The molecule has 0 spiro atoms. The molecule has 0 aliphatic carbocycles. The summed E-state index contributed by atoms with van der Waals surface area (Å²) in [6, 6.07) is 1.55. The summed E-state index contributed by atoms with van der Waals surface area (Å²) in [5.41, 5.74) is 4.08. The first kappa shape index (κ1) is 15.2. The van der Waals surface area contributed by atoms with Gasteiger partial charge in [0.1, 0.15) is 17.5 Å². The van der Waals surface area contributed by atoms with Crippen molar-refractivity contribution in [2.75, 3.05) is 12.3 Å². The van der Waals surface area contributed by atoms with Crippen LogP contribution in [0.5, 0.6) is 0 Å². The molecular formula is C11H14N6O3S. The molecule has 0 aliphatic rings. The molecule has 0 atom stereocenters.